The maximum atomic E-state index is 12.1. The SMILES string of the molecule is COc1ccc(CC(=O)NCc2csc(-c3ccccc3)n2)cc1. The number of amides is 1. The fourth-order valence-electron chi connectivity index (χ4n) is 2.28. The second-order valence-corrected chi connectivity index (χ2v) is 6.17. The highest BCUT2D eigenvalue weighted by Gasteiger charge is 2.07. The molecule has 1 N–H and O–H groups in total. The van der Waals surface area contributed by atoms with E-state index < -0.39 is 0 Å². The van der Waals surface area contributed by atoms with Crippen LogP contribution in [0.2, 0.25) is 0 Å². The lowest BCUT2D eigenvalue weighted by Crippen LogP contribution is -2.24. The van der Waals surface area contributed by atoms with E-state index in [4.69, 9.17) is 4.74 Å². The van der Waals surface area contributed by atoms with E-state index in [1.165, 1.54) is 0 Å². The van der Waals surface area contributed by atoms with Crippen molar-refractivity contribution in [2.45, 2.75) is 13.0 Å². The molecule has 1 heterocycles. The minimum absolute atomic E-state index is 0.0190. The topological polar surface area (TPSA) is 51.2 Å². The van der Waals surface area contributed by atoms with Crippen molar-refractivity contribution in [3.63, 3.8) is 0 Å². The first-order chi connectivity index (χ1) is 11.7. The number of rotatable bonds is 6. The van der Waals surface area contributed by atoms with Gasteiger partial charge in [-0.05, 0) is 17.7 Å². The fourth-order valence-corrected chi connectivity index (χ4v) is 3.11. The van der Waals surface area contributed by atoms with E-state index in [9.17, 15) is 4.79 Å². The first-order valence-electron chi connectivity index (χ1n) is 7.64. The molecule has 1 aromatic heterocycles. The lowest BCUT2D eigenvalue weighted by molar-refractivity contribution is -0.120. The van der Waals surface area contributed by atoms with Crippen LogP contribution in [0.25, 0.3) is 10.6 Å². The summed E-state index contributed by atoms with van der Waals surface area (Å²) in [5.74, 6) is 0.768. The molecule has 0 bridgehead atoms. The van der Waals surface area contributed by atoms with Crippen LogP contribution in [0.15, 0.2) is 60.0 Å². The molecule has 5 heteroatoms. The predicted molar refractivity (Wildman–Crippen MR) is 96.1 cm³/mol. The van der Waals surface area contributed by atoms with Gasteiger partial charge in [0.15, 0.2) is 0 Å². The fraction of sp³-hybridized carbons (Fsp3) is 0.158. The number of carbonyl (C=O) groups excluding carboxylic acids is 1. The van der Waals surface area contributed by atoms with Crippen LogP contribution in [0.4, 0.5) is 0 Å². The van der Waals surface area contributed by atoms with E-state index in [1.807, 2.05) is 60.0 Å². The minimum atomic E-state index is -0.0190. The Hall–Kier alpha value is -2.66. The maximum Gasteiger partial charge on any atom is 0.224 e. The van der Waals surface area contributed by atoms with Crippen molar-refractivity contribution < 1.29 is 9.53 Å². The zero-order valence-electron chi connectivity index (χ0n) is 13.4. The normalized spacial score (nSPS) is 10.4. The van der Waals surface area contributed by atoms with Crippen LogP contribution in [-0.2, 0) is 17.8 Å². The number of hydrogen-bond acceptors (Lipinski definition) is 4. The first-order valence-corrected chi connectivity index (χ1v) is 8.52. The third-order valence-electron chi connectivity index (χ3n) is 3.56. The molecule has 3 rings (SSSR count). The quantitative estimate of drug-likeness (QED) is 0.746. The summed E-state index contributed by atoms with van der Waals surface area (Å²) < 4.78 is 5.11. The zero-order chi connectivity index (χ0) is 16.8. The summed E-state index contributed by atoms with van der Waals surface area (Å²) in [4.78, 5) is 16.6. The lowest BCUT2D eigenvalue weighted by Gasteiger charge is -2.05. The number of nitrogens with zero attached hydrogens (tertiary/aromatic N) is 1. The molecule has 122 valence electrons. The largest absolute Gasteiger partial charge is 0.497 e. The van der Waals surface area contributed by atoms with Gasteiger partial charge in [-0.2, -0.15) is 0 Å². The second-order valence-electron chi connectivity index (χ2n) is 5.31. The molecule has 24 heavy (non-hydrogen) atoms. The summed E-state index contributed by atoms with van der Waals surface area (Å²) in [7, 11) is 1.62. The highest BCUT2D eigenvalue weighted by Crippen LogP contribution is 2.23. The molecule has 0 saturated carbocycles. The average molecular weight is 338 g/mol. The van der Waals surface area contributed by atoms with Gasteiger partial charge in [0, 0.05) is 10.9 Å². The Labute approximate surface area is 145 Å². The van der Waals surface area contributed by atoms with Gasteiger partial charge in [0.1, 0.15) is 10.8 Å². The van der Waals surface area contributed by atoms with Crippen LogP contribution >= 0.6 is 11.3 Å². The summed E-state index contributed by atoms with van der Waals surface area (Å²) in [5.41, 5.74) is 2.93. The maximum absolute atomic E-state index is 12.1. The van der Waals surface area contributed by atoms with Gasteiger partial charge in [-0.15, -0.1) is 11.3 Å². The van der Waals surface area contributed by atoms with Gasteiger partial charge in [0.2, 0.25) is 5.91 Å². The van der Waals surface area contributed by atoms with Gasteiger partial charge >= 0.3 is 0 Å². The van der Waals surface area contributed by atoms with E-state index in [1.54, 1.807) is 18.4 Å². The van der Waals surface area contributed by atoms with Crippen LogP contribution < -0.4 is 10.1 Å². The summed E-state index contributed by atoms with van der Waals surface area (Å²) in [5, 5.41) is 5.86. The van der Waals surface area contributed by atoms with Crippen LogP contribution in [0, 0.1) is 0 Å². The molecule has 0 fully saturated rings. The summed E-state index contributed by atoms with van der Waals surface area (Å²) in [6, 6.07) is 17.5. The standard InChI is InChI=1S/C19H18N2O2S/c1-23-17-9-7-14(8-10-17)11-18(22)20-12-16-13-24-19(21-16)15-5-3-2-4-6-15/h2-10,13H,11-12H2,1H3,(H,20,22). The van der Waals surface area contributed by atoms with Crippen molar-refractivity contribution in [2.75, 3.05) is 7.11 Å². The van der Waals surface area contributed by atoms with Crippen molar-refractivity contribution in [1.82, 2.24) is 10.3 Å². The number of nitrogens with one attached hydrogen (secondary N) is 1. The molecule has 1 amide bonds. The molecule has 0 spiro atoms. The highest BCUT2D eigenvalue weighted by molar-refractivity contribution is 7.13. The van der Waals surface area contributed by atoms with E-state index in [0.717, 1.165) is 27.6 Å². The molecular formula is C19H18N2O2S. The van der Waals surface area contributed by atoms with Crippen molar-refractivity contribution in [3.8, 4) is 16.3 Å². The van der Waals surface area contributed by atoms with E-state index in [0.29, 0.717) is 13.0 Å². The Balaban J connectivity index is 1.53. The average Bonchev–Trinajstić information content (AvgIpc) is 3.10. The Bertz CT molecular complexity index is 798. The van der Waals surface area contributed by atoms with E-state index in [-0.39, 0.29) is 5.91 Å². The number of ether oxygens (including phenoxy) is 1. The highest BCUT2D eigenvalue weighted by atomic mass is 32.1. The van der Waals surface area contributed by atoms with Crippen molar-refractivity contribution in [1.29, 1.82) is 0 Å². The Kier molecular flexibility index (Phi) is 5.23. The van der Waals surface area contributed by atoms with Gasteiger partial charge in [0.25, 0.3) is 0 Å². The second kappa shape index (κ2) is 7.75. The number of carbonyl (C=O) groups is 1. The van der Waals surface area contributed by atoms with Crippen molar-refractivity contribution >= 4 is 17.2 Å². The smallest absolute Gasteiger partial charge is 0.224 e. The van der Waals surface area contributed by atoms with Gasteiger partial charge in [-0.3, -0.25) is 4.79 Å². The van der Waals surface area contributed by atoms with Crippen LogP contribution in [0.1, 0.15) is 11.3 Å². The number of benzene rings is 2. The minimum Gasteiger partial charge on any atom is -0.497 e. The zero-order valence-corrected chi connectivity index (χ0v) is 14.2. The molecule has 0 aliphatic rings. The molecular weight excluding hydrogens is 320 g/mol. The number of aromatic nitrogens is 1. The number of thiazole rings is 1. The first kappa shape index (κ1) is 16.2. The van der Waals surface area contributed by atoms with Crippen LogP contribution in [0.5, 0.6) is 5.75 Å². The molecule has 0 unspecified atom stereocenters. The third kappa shape index (κ3) is 4.20. The van der Waals surface area contributed by atoms with Crippen LogP contribution in [-0.4, -0.2) is 18.0 Å². The molecule has 0 aliphatic carbocycles. The van der Waals surface area contributed by atoms with Gasteiger partial charge in [-0.1, -0.05) is 42.5 Å². The Morgan fingerprint density at radius 1 is 1.12 bits per heavy atom. The summed E-state index contributed by atoms with van der Waals surface area (Å²) >= 11 is 1.59. The molecule has 0 radical (unpaired) electrons. The molecule has 3 aromatic rings. The van der Waals surface area contributed by atoms with Crippen molar-refractivity contribution in [3.05, 3.63) is 71.2 Å². The monoisotopic (exact) mass is 338 g/mol. The summed E-state index contributed by atoms with van der Waals surface area (Å²) in [6.07, 6.45) is 0.347. The number of hydrogen-bond donors (Lipinski definition) is 1. The van der Waals surface area contributed by atoms with E-state index >= 15 is 0 Å². The van der Waals surface area contributed by atoms with Crippen molar-refractivity contribution in [2.24, 2.45) is 0 Å². The summed E-state index contributed by atoms with van der Waals surface area (Å²) in [6.45, 7) is 0.443. The molecule has 0 aliphatic heterocycles. The van der Waals surface area contributed by atoms with Gasteiger partial charge in [0.05, 0.1) is 25.8 Å². The Morgan fingerprint density at radius 3 is 2.58 bits per heavy atom. The Morgan fingerprint density at radius 2 is 1.88 bits per heavy atom. The predicted octanol–water partition coefficient (Wildman–Crippen LogP) is 3.68. The molecule has 4 nitrogen and oxygen atoms in total. The van der Waals surface area contributed by atoms with Gasteiger partial charge in [-0.25, -0.2) is 4.98 Å². The number of methoxy groups -OCH3 is 1. The molecule has 0 atom stereocenters. The molecule has 2 aromatic carbocycles. The third-order valence-corrected chi connectivity index (χ3v) is 4.50. The molecule has 0 saturated heterocycles. The van der Waals surface area contributed by atoms with Crippen LogP contribution in [0.3, 0.4) is 0 Å². The van der Waals surface area contributed by atoms with Gasteiger partial charge < -0.3 is 10.1 Å². The lowest BCUT2D eigenvalue weighted by atomic mass is 10.1. The van der Waals surface area contributed by atoms with E-state index in [2.05, 4.69) is 10.3 Å².